The van der Waals surface area contributed by atoms with Gasteiger partial charge in [-0.2, -0.15) is 33.7 Å². The molecule has 0 atom stereocenters. The summed E-state index contributed by atoms with van der Waals surface area (Å²) in [5.74, 6) is -3.53. The van der Waals surface area contributed by atoms with Crippen molar-refractivity contribution in [3.63, 3.8) is 0 Å². The number of rotatable bonds is 19. The van der Waals surface area contributed by atoms with Crippen LogP contribution >= 0.6 is 0 Å². The molecule has 0 heterocycles. The van der Waals surface area contributed by atoms with Gasteiger partial charge >= 0.3 is 20.8 Å². The molecule has 0 aromatic heterocycles. The van der Waals surface area contributed by atoms with Crippen molar-refractivity contribution in [2.45, 2.75) is 19.6 Å². The second kappa shape index (κ2) is 18.8. The van der Waals surface area contributed by atoms with Crippen LogP contribution in [0.1, 0.15) is 0 Å². The molecule has 0 fully saturated rings. The van der Waals surface area contributed by atoms with Crippen molar-refractivity contribution in [2.75, 3.05) is 51.3 Å². The van der Waals surface area contributed by atoms with E-state index in [9.17, 15) is 64.7 Å². The topological polar surface area (TPSA) is 404 Å². The number of anilines is 1. The first-order valence-electron chi connectivity index (χ1n) is 17.3. The van der Waals surface area contributed by atoms with Crippen molar-refractivity contribution >= 4 is 111 Å². The summed E-state index contributed by atoms with van der Waals surface area (Å²) in [6, 6.07) is 10.5. The van der Waals surface area contributed by atoms with Gasteiger partial charge in [0, 0.05) is 35.3 Å². The number of benzene rings is 5. The van der Waals surface area contributed by atoms with Crippen molar-refractivity contribution in [1.29, 1.82) is 0 Å². The van der Waals surface area contributed by atoms with Crippen LogP contribution < -0.4 is 14.8 Å². The van der Waals surface area contributed by atoms with E-state index in [-0.39, 0.29) is 44.4 Å². The fourth-order valence-corrected chi connectivity index (χ4v) is 10.6. The molecular formula is C33H33N5O21S6. The normalized spacial score (nSPS) is 13.3. The maximum Gasteiger partial charge on any atom is 0.397 e. The first-order chi connectivity index (χ1) is 30.0. The van der Waals surface area contributed by atoms with Gasteiger partial charge < -0.3 is 19.9 Å². The van der Waals surface area contributed by atoms with Crippen molar-refractivity contribution in [3.05, 3.63) is 60.7 Å². The molecule has 0 saturated heterocycles. The molecular weight excluding hydrogens is 995 g/mol. The van der Waals surface area contributed by atoms with Gasteiger partial charge in [0.15, 0.2) is 25.4 Å². The van der Waals surface area contributed by atoms with Crippen LogP contribution in [0.4, 0.5) is 28.4 Å². The smallest absolute Gasteiger partial charge is 0.397 e. The van der Waals surface area contributed by atoms with E-state index in [2.05, 4.69) is 34.1 Å². The number of sulfone groups is 2. The predicted octanol–water partition coefficient (Wildman–Crippen LogP) is 4.27. The first-order valence-corrected chi connectivity index (χ1v) is 26.2. The van der Waals surface area contributed by atoms with Gasteiger partial charge in [-0.05, 0) is 41.8 Å². The molecule has 26 nitrogen and oxygen atoms in total. The number of hydrogen-bond acceptors (Lipinski definition) is 22. The summed E-state index contributed by atoms with van der Waals surface area (Å²) in [6.07, 6.45) is 0. The van der Waals surface area contributed by atoms with Crippen molar-refractivity contribution < 1.29 is 91.7 Å². The molecule has 0 aliphatic carbocycles. The molecule has 5 aromatic carbocycles. The quantitative estimate of drug-likeness (QED) is 0.0497. The fourth-order valence-electron chi connectivity index (χ4n) is 5.93. The zero-order chi connectivity index (χ0) is 48.5. The fraction of sp³-hybridized carbons (Fsp3) is 0.212. The zero-order valence-corrected chi connectivity index (χ0v) is 38.0. The van der Waals surface area contributed by atoms with Crippen LogP contribution in [0.15, 0.2) is 101 Å². The summed E-state index contributed by atoms with van der Waals surface area (Å²) in [5, 5.41) is 29.2. The van der Waals surface area contributed by atoms with Crippen LogP contribution in [-0.2, 0) is 69.1 Å². The monoisotopic (exact) mass is 1030 g/mol. The van der Waals surface area contributed by atoms with E-state index in [4.69, 9.17) is 18.6 Å². The van der Waals surface area contributed by atoms with Crippen LogP contribution in [0.25, 0.3) is 21.5 Å². The molecule has 352 valence electrons. The summed E-state index contributed by atoms with van der Waals surface area (Å²) in [4.78, 5) is -2.91. The summed E-state index contributed by atoms with van der Waals surface area (Å²) in [6.45, 7) is -1.93. The zero-order valence-electron chi connectivity index (χ0n) is 33.1. The maximum atomic E-state index is 13.0. The molecule has 0 unspecified atom stereocenters. The molecule has 0 spiro atoms. The summed E-state index contributed by atoms with van der Waals surface area (Å²) in [7, 11) is -25.6. The van der Waals surface area contributed by atoms with Gasteiger partial charge in [-0.25, -0.2) is 25.2 Å². The number of phenolic OH excluding ortho intramolecular Hbond substituents is 1. The Labute approximate surface area is 369 Å². The summed E-state index contributed by atoms with van der Waals surface area (Å²) < 4.78 is 203. The van der Waals surface area contributed by atoms with Crippen LogP contribution in [-0.4, -0.2) is 120 Å². The molecule has 0 aliphatic heterocycles. The van der Waals surface area contributed by atoms with E-state index in [1.807, 2.05) is 0 Å². The minimum absolute atomic E-state index is 0.0697. The van der Waals surface area contributed by atoms with E-state index in [1.165, 1.54) is 25.2 Å². The number of ether oxygens (including phenoxy) is 2. The molecule has 0 aliphatic rings. The van der Waals surface area contributed by atoms with Crippen LogP contribution in [0.2, 0.25) is 0 Å². The first kappa shape index (κ1) is 50.5. The minimum atomic E-state index is -5.32. The van der Waals surface area contributed by atoms with Crippen LogP contribution in [0.3, 0.4) is 0 Å². The Morgan fingerprint density at radius 2 is 1.12 bits per heavy atom. The van der Waals surface area contributed by atoms with E-state index in [1.54, 1.807) is 0 Å². The lowest BCUT2D eigenvalue weighted by molar-refractivity contribution is 0.282. The van der Waals surface area contributed by atoms with Gasteiger partial charge in [-0.3, -0.25) is 18.2 Å². The summed E-state index contributed by atoms with van der Waals surface area (Å²) in [5.41, 5.74) is -1.93. The highest BCUT2D eigenvalue weighted by molar-refractivity contribution is 7.92. The third kappa shape index (κ3) is 11.8. The van der Waals surface area contributed by atoms with Crippen molar-refractivity contribution in [1.82, 2.24) is 0 Å². The van der Waals surface area contributed by atoms with Crippen LogP contribution in [0.5, 0.6) is 17.2 Å². The number of methoxy groups -OCH3 is 2. The van der Waals surface area contributed by atoms with Gasteiger partial charge in [-0.15, -0.1) is 20.5 Å². The number of azo groups is 2. The number of phenols is 1. The molecule has 0 saturated carbocycles. The van der Waals surface area contributed by atoms with E-state index < -0.39 is 128 Å². The number of aromatic hydroxyl groups is 1. The standard InChI is InChI=1S/C33H33N5O21S6/c1-34-23-9-7-21-22(30(23)37-35-24-8-4-18-14-19(5-6-20(18)33(24)63(47,48)49)60(40,41)12-10-58-64(50,51)52)15-29(62(44,45)46)31(32(21)39)38-36-25-16-27(57-3)28(17-26(25)56-2)61(42,43)13-11-59-65(53,54)55/h4-9,14-17,34,39H,10-13H2,1-3H3,(H,44,45,46)(H,47,48,49)(H,50,51,52)(H,53,54,55). The third-order valence-electron chi connectivity index (χ3n) is 8.78. The van der Waals surface area contributed by atoms with E-state index in [0.717, 1.165) is 56.7 Å². The molecule has 6 N–H and O–H groups in total. The van der Waals surface area contributed by atoms with Gasteiger partial charge in [0.2, 0.25) is 0 Å². The second-order valence-electron chi connectivity index (χ2n) is 12.8. The van der Waals surface area contributed by atoms with Gasteiger partial charge in [0.1, 0.15) is 48.9 Å². The molecule has 32 heteroatoms. The molecule has 5 rings (SSSR count). The lowest BCUT2D eigenvalue weighted by atomic mass is 10.1. The Hall–Kier alpha value is -5.52. The Bertz CT molecular complexity index is 3490. The Morgan fingerprint density at radius 1 is 0.554 bits per heavy atom. The average molecular weight is 1030 g/mol. The average Bonchev–Trinajstić information content (AvgIpc) is 3.19. The lowest BCUT2D eigenvalue weighted by Gasteiger charge is -2.14. The van der Waals surface area contributed by atoms with Crippen molar-refractivity contribution in [2.24, 2.45) is 20.5 Å². The minimum Gasteiger partial charge on any atom is -0.505 e. The molecule has 0 bridgehead atoms. The van der Waals surface area contributed by atoms with Crippen LogP contribution in [0, 0.1) is 0 Å². The van der Waals surface area contributed by atoms with Gasteiger partial charge in [0.05, 0.1) is 49.5 Å². The Kier molecular flexibility index (Phi) is 14.6. The molecule has 0 radical (unpaired) electrons. The van der Waals surface area contributed by atoms with Gasteiger partial charge in [-0.1, -0.05) is 12.1 Å². The van der Waals surface area contributed by atoms with Crippen molar-refractivity contribution in [3.8, 4) is 17.2 Å². The largest absolute Gasteiger partial charge is 0.505 e. The maximum absolute atomic E-state index is 13.0. The highest BCUT2D eigenvalue weighted by atomic mass is 32.3. The second-order valence-corrected chi connectivity index (χ2v) is 22.0. The predicted molar refractivity (Wildman–Crippen MR) is 226 cm³/mol. The SMILES string of the molecule is CNc1ccc2c(O)c(N=Nc3cc(OC)c(S(=O)(=O)CCOS(=O)(=O)O)cc3OC)c(S(=O)(=O)O)cc2c1N=Nc1ccc2cc(S(=O)(=O)CCOS(=O)(=O)O)ccc2c1S(=O)(=O)O. The number of nitrogens with zero attached hydrogens (tertiary/aromatic N) is 4. The molecule has 5 aromatic rings. The highest BCUT2D eigenvalue weighted by Gasteiger charge is 2.28. The number of hydrogen-bond donors (Lipinski definition) is 6. The highest BCUT2D eigenvalue weighted by Crippen LogP contribution is 2.48. The van der Waals surface area contributed by atoms with E-state index >= 15 is 0 Å². The molecule has 65 heavy (non-hydrogen) atoms. The van der Waals surface area contributed by atoms with E-state index in [0.29, 0.717) is 0 Å². The Morgan fingerprint density at radius 3 is 1.68 bits per heavy atom. The Balaban J connectivity index is 1.63. The number of fused-ring (bicyclic) bond motifs is 2. The lowest BCUT2D eigenvalue weighted by Crippen LogP contribution is -2.16. The number of nitrogens with one attached hydrogen (secondary N) is 1. The third-order valence-corrected chi connectivity index (χ3v) is 14.9. The van der Waals surface area contributed by atoms with Gasteiger partial charge in [0.25, 0.3) is 20.2 Å². The molecule has 0 amide bonds. The summed E-state index contributed by atoms with van der Waals surface area (Å²) >= 11 is 0.